The number of carbonyl (C=O) groups is 1. The minimum Gasteiger partial charge on any atom is -0.490 e. The van der Waals surface area contributed by atoms with Gasteiger partial charge in [-0.3, -0.25) is 0 Å². The van der Waals surface area contributed by atoms with Gasteiger partial charge in [0.2, 0.25) is 0 Å². The Morgan fingerprint density at radius 1 is 1.00 bits per heavy atom. The fourth-order valence-electron chi connectivity index (χ4n) is 2.66. The van der Waals surface area contributed by atoms with Crippen molar-refractivity contribution in [3.8, 4) is 17.6 Å². The topological polar surface area (TPSA) is 46.5 Å². The summed E-state index contributed by atoms with van der Waals surface area (Å²) in [6, 6.07) is 12.0. The van der Waals surface area contributed by atoms with Crippen LogP contribution in [-0.2, 0) is 0 Å². The van der Waals surface area contributed by atoms with Crippen LogP contribution in [-0.4, -0.2) is 17.7 Å². The van der Waals surface area contributed by atoms with E-state index in [1.165, 1.54) is 6.07 Å². The van der Waals surface area contributed by atoms with Crippen molar-refractivity contribution in [1.82, 2.24) is 0 Å². The summed E-state index contributed by atoms with van der Waals surface area (Å²) in [5.74, 6) is 3.05. The first-order valence-corrected chi connectivity index (χ1v) is 8.89. The highest BCUT2D eigenvalue weighted by Gasteiger charge is 2.10. The van der Waals surface area contributed by atoms with Gasteiger partial charge in [-0.2, -0.15) is 0 Å². The van der Waals surface area contributed by atoms with Gasteiger partial charge in [-0.15, -0.1) is 0 Å². The number of halogens is 2. The molecular weight excluding hydrogens is 362 g/mol. The van der Waals surface area contributed by atoms with Crippen LogP contribution in [0.4, 0.5) is 8.78 Å². The van der Waals surface area contributed by atoms with Crippen molar-refractivity contribution in [1.29, 1.82) is 0 Å². The number of fused-ring (bicyclic) bond motifs is 1. The van der Waals surface area contributed by atoms with E-state index < -0.39 is 17.6 Å². The van der Waals surface area contributed by atoms with E-state index in [2.05, 4.69) is 11.8 Å². The summed E-state index contributed by atoms with van der Waals surface area (Å²) in [7, 11) is 0. The van der Waals surface area contributed by atoms with Crippen LogP contribution in [0.25, 0.3) is 10.8 Å². The maximum Gasteiger partial charge on any atom is 0.335 e. The summed E-state index contributed by atoms with van der Waals surface area (Å²) in [5.41, 5.74) is 0.755. The van der Waals surface area contributed by atoms with Gasteiger partial charge >= 0.3 is 5.97 Å². The van der Waals surface area contributed by atoms with Crippen molar-refractivity contribution in [3.63, 3.8) is 0 Å². The first-order valence-electron chi connectivity index (χ1n) is 8.89. The molecule has 0 aliphatic heterocycles. The third-order valence-corrected chi connectivity index (χ3v) is 4.21. The number of hydrogen-bond donors (Lipinski definition) is 1. The highest BCUT2D eigenvalue weighted by atomic mass is 19.1. The van der Waals surface area contributed by atoms with Crippen LogP contribution in [0, 0.1) is 23.5 Å². The van der Waals surface area contributed by atoms with Gasteiger partial charge < -0.3 is 9.84 Å². The molecule has 0 aromatic heterocycles. The zero-order chi connectivity index (χ0) is 20.1. The Balaban J connectivity index is 1.85. The molecule has 3 nitrogen and oxygen atoms in total. The average molecular weight is 380 g/mol. The zero-order valence-corrected chi connectivity index (χ0v) is 15.3. The quantitative estimate of drug-likeness (QED) is 0.477. The lowest BCUT2D eigenvalue weighted by molar-refractivity contribution is 0.0697. The van der Waals surface area contributed by atoms with Crippen molar-refractivity contribution >= 4 is 16.7 Å². The van der Waals surface area contributed by atoms with Crippen molar-refractivity contribution in [2.75, 3.05) is 6.61 Å². The van der Waals surface area contributed by atoms with Gasteiger partial charge in [0.1, 0.15) is 5.82 Å². The number of carboxylic acid groups (broad SMARTS) is 1. The predicted molar refractivity (Wildman–Crippen MR) is 104 cm³/mol. The molecule has 0 saturated heterocycles. The van der Waals surface area contributed by atoms with Crippen LogP contribution < -0.4 is 4.74 Å². The van der Waals surface area contributed by atoms with Crippen LogP contribution in [0.2, 0.25) is 0 Å². The molecule has 0 spiro atoms. The van der Waals surface area contributed by atoms with E-state index in [9.17, 15) is 13.6 Å². The fraction of sp³-hybridized carbons (Fsp3) is 0.174. The van der Waals surface area contributed by atoms with Crippen LogP contribution in [0.3, 0.4) is 0 Å². The largest absolute Gasteiger partial charge is 0.490 e. The van der Waals surface area contributed by atoms with E-state index in [4.69, 9.17) is 9.84 Å². The van der Waals surface area contributed by atoms with E-state index >= 15 is 0 Å². The molecule has 0 aliphatic carbocycles. The van der Waals surface area contributed by atoms with E-state index in [1.807, 2.05) is 6.92 Å². The first kappa shape index (κ1) is 19.4. The molecule has 28 heavy (non-hydrogen) atoms. The summed E-state index contributed by atoms with van der Waals surface area (Å²) >= 11 is 0. The number of ether oxygens (including phenoxy) is 1. The summed E-state index contributed by atoms with van der Waals surface area (Å²) in [5, 5.41) is 10.6. The van der Waals surface area contributed by atoms with Gasteiger partial charge in [0.15, 0.2) is 11.6 Å². The minimum absolute atomic E-state index is 0.0540. The Morgan fingerprint density at radius 2 is 1.75 bits per heavy atom. The van der Waals surface area contributed by atoms with Gasteiger partial charge in [0.25, 0.3) is 0 Å². The van der Waals surface area contributed by atoms with Gasteiger partial charge in [-0.05, 0) is 47.5 Å². The number of unbranched alkanes of at least 4 members (excludes halogenated alkanes) is 1. The number of rotatable bonds is 5. The maximum atomic E-state index is 14.2. The molecule has 0 radical (unpaired) electrons. The molecule has 0 saturated carbocycles. The van der Waals surface area contributed by atoms with Crippen molar-refractivity contribution in [2.24, 2.45) is 0 Å². The van der Waals surface area contributed by atoms with E-state index in [1.54, 1.807) is 30.3 Å². The fourth-order valence-corrected chi connectivity index (χ4v) is 2.66. The van der Waals surface area contributed by atoms with Crippen LogP contribution in [0.1, 0.15) is 41.3 Å². The summed E-state index contributed by atoms with van der Waals surface area (Å²) in [6.45, 7) is 2.31. The lowest BCUT2D eigenvalue weighted by Gasteiger charge is -2.07. The molecule has 3 rings (SSSR count). The van der Waals surface area contributed by atoms with E-state index in [0.717, 1.165) is 35.7 Å². The molecule has 5 heteroatoms. The molecular formula is C23H18F2O3. The second-order valence-corrected chi connectivity index (χ2v) is 6.30. The monoisotopic (exact) mass is 380 g/mol. The first-order chi connectivity index (χ1) is 13.5. The standard InChI is InChI=1S/C23H18F2O3/c1-2-3-10-28-22-14-20(24)18(13-21(22)25)7-5-15-4-6-17-12-19(23(26)27)9-8-16(17)11-15/h4,6,8-9,11-14H,2-3,10H2,1H3,(H,26,27). The molecule has 0 aliphatic rings. The van der Waals surface area contributed by atoms with Gasteiger partial charge in [0, 0.05) is 11.6 Å². The Morgan fingerprint density at radius 3 is 2.50 bits per heavy atom. The molecule has 0 heterocycles. The third kappa shape index (κ3) is 4.47. The summed E-state index contributed by atoms with van der Waals surface area (Å²) in [4.78, 5) is 11.0. The van der Waals surface area contributed by atoms with Crippen molar-refractivity contribution < 1.29 is 23.4 Å². The molecule has 3 aromatic carbocycles. The predicted octanol–water partition coefficient (Wildman–Crippen LogP) is 5.39. The van der Waals surface area contributed by atoms with Gasteiger partial charge in [-0.25, -0.2) is 13.6 Å². The molecule has 1 N–H and O–H groups in total. The Kier molecular flexibility index (Phi) is 5.90. The second-order valence-electron chi connectivity index (χ2n) is 6.30. The highest BCUT2D eigenvalue weighted by Crippen LogP contribution is 2.22. The van der Waals surface area contributed by atoms with Gasteiger partial charge in [-0.1, -0.05) is 37.3 Å². The maximum absolute atomic E-state index is 14.2. The molecule has 0 unspecified atom stereocenters. The Hall–Kier alpha value is -3.39. The second kappa shape index (κ2) is 8.53. The summed E-state index contributed by atoms with van der Waals surface area (Å²) in [6.07, 6.45) is 1.66. The number of carboxylic acids is 1. The molecule has 0 fully saturated rings. The molecule has 0 atom stereocenters. The van der Waals surface area contributed by atoms with Crippen LogP contribution >= 0.6 is 0 Å². The average Bonchev–Trinajstić information content (AvgIpc) is 2.68. The van der Waals surface area contributed by atoms with Gasteiger partial charge in [0.05, 0.1) is 17.7 Å². The normalized spacial score (nSPS) is 10.4. The van der Waals surface area contributed by atoms with Crippen LogP contribution in [0.5, 0.6) is 5.75 Å². The molecule has 0 bridgehead atoms. The smallest absolute Gasteiger partial charge is 0.335 e. The molecule has 3 aromatic rings. The van der Waals surface area contributed by atoms with Crippen molar-refractivity contribution in [3.05, 3.63) is 76.9 Å². The zero-order valence-electron chi connectivity index (χ0n) is 15.3. The van der Waals surface area contributed by atoms with E-state index in [-0.39, 0.29) is 16.9 Å². The Bertz CT molecular complexity index is 1090. The third-order valence-electron chi connectivity index (χ3n) is 4.21. The van der Waals surface area contributed by atoms with Crippen LogP contribution in [0.15, 0.2) is 48.5 Å². The lowest BCUT2D eigenvalue weighted by Crippen LogP contribution is -2.00. The lowest BCUT2D eigenvalue weighted by atomic mass is 10.0. The van der Waals surface area contributed by atoms with E-state index in [0.29, 0.717) is 12.2 Å². The van der Waals surface area contributed by atoms with Crippen molar-refractivity contribution in [2.45, 2.75) is 19.8 Å². The number of benzene rings is 3. The summed E-state index contributed by atoms with van der Waals surface area (Å²) < 4.78 is 33.5. The Labute approximate surface area is 161 Å². The number of hydrogen-bond acceptors (Lipinski definition) is 2. The minimum atomic E-state index is -0.995. The molecule has 142 valence electrons. The highest BCUT2D eigenvalue weighted by molar-refractivity contribution is 5.94. The number of aromatic carboxylic acids is 1. The SMILES string of the molecule is CCCCOc1cc(F)c(C#Cc2ccc3cc(C(=O)O)ccc3c2)cc1F. The molecule has 0 amide bonds.